The number of benzene rings is 3. The molecule has 3 aromatic carbocycles. The third-order valence-electron chi connectivity index (χ3n) is 5.40. The zero-order valence-electron chi connectivity index (χ0n) is 17.0. The van der Waals surface area contributed by atoms with Gasteiger partial charge < -0.3 is 4.74 Å². The summed E-state index contributed by atoms with van der Waals surface area (Å²) in [5.41, 5.74) is 3.17. The van der Waals surface area contributed by atoms with Crippen molar-refractivity contribution in [3.8, 4) is 11.8 Å². The second kappa shape index (κ2) is 8.23. The number of nitrogens with zero attached hydrogens (tertiary/aromatic N) is 2. The van der Waals surface area contributed by atoms with E-state index in [4.69, 9.17) is 16.3 Å². The number of thiophene rings is 1. The van der Waals surface area contributed by atoms with E-state index in [1.54, 1.807) is 41.8 Å². The molecule has 32 heavy (non-hydrogen) atoms. The van der Waals surface area contributed by atoms with Gasteiger partial charge in [-0.25, -0.2) is 9.38 Å². The molecule has 4 aromatic rings. The number of rotatable bonds is 3. The first-order valence-corrected chi connectivity index (χ1v) is 11.1. The number of hydrogen-bond donors (Lipinski definition) is 0. The second-order valence-corrected chi connectivity index (χ2v) is 8.96. The molecule has 3 nitrogen and oxygen atoms in total. The molecule has 0 N–H and O–H groups in total. The number of aliphatic imine (C=N–C) groups is 1. The Kier molecular flexibility index (Phi) is 5.26. The van der Waals surface area contributed by atoms with Crippen LogP contribution in [0, 0.1) is 24.1 Å². The van der Waals surface area contributed by atoms with Gasteiger partial charge in [0.05, 0.1) is 10.8 Å². The summed E-state index contributed by atoms with van der Waals surface area (Å²) in [4.78, 5) is 5.45. The number of allylic oxidation sites excluding steroid dienone is 1. The van der Waals surface area contributed by atoms with Crippen LogP contribution >= 0.6 is 22.9 Å². The average Bonchev–Trinajstić information content (AvgIpc) is 3.18. The van der Waals surface area contributed by atoms with Crippen molar-refractivity contribution >= 4 is 39.2 Å². The molecule has 0 bridgehead atoms. The number of fused-ring (bicyclic) bond motifs is 3. The highest BCUT2D eigenvalue weighted by Gasteiger charge is 2.35. The summed E-state index contributed by atoms with van der Waals surface area (Å²) in [5, 5.41) is 11.7. The minimum absolute atomic E-state index is 0.241. The summed E-state index contributed by atoms with van der Waals surface area (Å²) in [6.07, 6.45) is 1.65. The Labute approximate surface area is 193 Å². The van der Waals surface area contributed by atoms with Crippen LogP contribution in [0.25, 0.3) is 10.1 Å². The van der Waals surface area contributed by atoms with Crippen molar-refractivity contribution in [1.29, 1.82) is 5.26 Å². The average molecular weight is 459 g/mol. The molecule has 1 atom stereocenters. The summed E-state index contributed by atoms with van der Waals surface area (Å²) < 4.78 is 21.0. The van der Waals surface area contributed by atoms with Crippen LogP contribution in [0.2, 0.25) is 5.02 Å². The van der Waals surface area contributed by atoms with Crippen molar-refractivity contribution in [3.05, 3.63) is 111 Å². The maximum atomic E-state index is 13.6. The van der Waals surface area contributed by atoms with Gasteiger partial charge in [-0.1, -0.05) is 48.0 Å². The Hall–Kier alpha value is -3.46. The van der Waals surface area contributed by atoms with Gasteiger partial charge in [-0.3, -0.25) is 0 Å². The minimum Gasteiger partial charge on any atom is -0.436 e. The molecule has 0 spiro atoms. The van der Waals surface area contributed by atoms with Gasteiger partial charge in [0.25, 0.3) is 0 Å². The first-order valence-electron chi connectivity index (χ1n) is 9.94. The Morgan fingerprint density at radius 3 is 2.56 bits per heavy atom. The maximum Gasteiger partial charge on any atom is 0.234 e. The molecule has 1 aromatic heterocycles. The standard InChI is InChI=1S/C26H16ClFN2OS/c1-15-3-2-4-20-23-25(32-24(15)20)22(17-7-11-19(28)12-8-17)21(13-29)26(31-23)30-14-16-5-9-18(27)10-6-16/h2-12,14,22H,1H3/b30-14+. The lowest BCUT2D eigenvalue weighted by molar-refractivity contribution is 0.403. The predicted molar refractivity (Wildman–Crippen MR) is 127 cm³/mol. The highest BCUT2D eigenvalue weighted by molar-refractivity contribution is 7.19. The summed E-state index contributed by atoms with van der Waals surface area (Å²) in [6.45, 7) is 2.05. The molecule has 1 aliphatic heterocycles. The van der Waals surface area contributed by atoms with Crippen molar-refractivity contribution in [2.75, 3.05) is 0 Å². The van der Waals surface area contributed by atoms with E-state index >= 15 is 0 Å². The van der Waals surface area contributed by atoms with Crippen molar-refractivity contribution in [2.24, 2.45) is 4.99 Å². The molecule has 0 radical (unpaired) electrons. The lowest BCUT2D eigenvalue weighted by Crippen LogP contribution is -2.14. The van der Waals surface area contributed by atoms with E-state index < -0.39 is 5.92 Å². The summed E-state index contributed by atoms with van der Waals surface area (Å²) in [5.74, 6) is 0.228. The van der Waals surface area contributed by atoms with Crippen LogP contribution in [0.15, 0.2) is 83.2 Å². The van der Waals surface area contributed by atoms with E-state index in [0.717, 1.165) is 31.7 Å². The SMILES string of the molecule is Cc1cccc2c3c(sc12)C(c1ccc(F)cc1)C(C#N)=C(/N=C/c1ccc(Cl)cc1)O3. The molecular weight excluding hydrogens is 443 g/mol. The highest BCUT2D eigenvalue weighted by Crippen LogP contribution is 2.51. The fraction of sp³-hybridized carbons (Fsp3) is 0.0769. The number of hydrogen-bond acceptors (Lipinski definition) is 4. The maximum absolute atomic E-state index is 13.6. The van der Waals surface area contributed by atoms with Crippen LogP contribution in [-0.4, -0.2) is 6.21 Å². The van der Waals surface area contributed by atoms with Gasteiger partial charge in [0.2, 0.25) is 5.88 Å². The van der Waals surface area contributed by atoms with Crippen LogP contribution in [0.5, 0.6) is 5.75 Å². The number of aryl methyl sites for hydroxylation is 1. The van der Waals surface area contributed by atoms with Gasteiger partial charge in [0, 0.05) is 21.3 Å². The highest BCUT2D eigenvalue weighted by atomic mass is 35.5. The Morgan fingerprint density at radius 1 is 1.09 bits per heavy atom. The van der Waals surface area contributed by atoms with Crippen LogP contribution in [0.1, 0.15) is 27.5 Å². The fourth-order valence-electron chi connectivity index (χ4n) is 3.82. The molecule has 0 aliphatic carbocycles. The number of ether oxygens (including phenoxy) is 1. The van der Waals surface area contributed by atoms with Crippen LogP contribution in [0.3, 0.4) is 0 Å². The van der Waals surface area contributed by atoms with Gasteiger partial charge in [-0.05, 0) is 53.9 Å². The molecule has 0 amide bonds. The smallest absolute Gasteiger partial charge is 0.234 e. The molecule has 1 unspecified atom stereocenters. The summed E-state index contributed by atoms with van der Waals surface area (Å²) in [6, 6.07) is 21.8. The molecule has 2 heterocycles. The summed E-state index contributed by atoms with van der Waals surface area (Å²) in [7, 11) is 0. The summed E-state index contributed by atoms with van der Waals surface area (Å²) >= 11 is 7.57. The van der Waals surface area contributed by atoms with Gasteiger partial charge >= 0.3 is 0 Å². The molecule has 156 valence electrons. The molecule has 6 heteroatoms. The Bertz CT molecular complexity index is 1430. The zero-order valence-corrected chi connectivity index (χ0v) is 18.5. The molecule has 5 rings (SSSR count). The topological polar surface area (TPSA) is 45.4 Å². The number of halogens is 2. The zero-order chi connectivity index (χ0) is 22.2. The quantitative estimate of drug-likeness (QED) is 0.300. The van der Waals surface area contributed by atoms with Gasteiger partial charge in [-0.15, -0.1) is 11.3 Å². The lowest BCUT2D eigenvalue weighted by Gasteiger charge is -2.24. The Balaban J connectivity index is 1.70. The van der Waals surface area contributed by atoms with E-state index in [1.165, 1.54) is 12.1 Å². The predicted octanol–water partition coefficient (Wildman–Crippen LogP) is 7.38. The van der Waals surface area contributed by atoms with E-state index in [0.29, 0.717) is 16.3 Å². The molecule has 0 saturated carbocycles. The van der Waals surface area contributed by atoms with Crippen molar-refractivity contribution in [1.82, 2.24) is 0 Å². The van der Waals surface area contributed by atoms with E-state index in [1.807, 2.05) is 24.3 Å². The van der Waals surface area contributed by atoms with Gasteiger partial charge in [-0.2, -0.15) is 5.26 Å². The Morgan fingerprint density at radius 2 is 1.84 bits per heavy atom. The van der Waals surface area contributed by atoms with Gasteiger partial charge in [0.15, 0.2) is 5.75 Å². The third kappa shape index (κ3) is 3.58. The molecule has 1 aliphatic rings. The third-order valence-corrected chi connectivity index (χ3v) is 7.04. The number of nitriles is 1. The minimum atomic E-state index is -0.390. The van der Waals surface area contributed by atoms with Crippen molar-refractivity contribution in [2.45, 2.75) is 12.8 Å². The first-order chi connectivity index (χ1) is 15.5. The van der Waals surface area contributed by atoms with Crippen LogP contribution in [-0.2, 0) is 0 Å². The monoisotopic (exact) mass is 458 g/mol. The molecule has 0 saturated heterocycles. The lowest BCUT2D eigenvalue weighted by atomic mass is 9.88. The molecular formula is C26H16ClFN2OS. The van der Waals surface area contributed by atoms with Gasteiger partial charge in [0.1, 0.15) is 17.5 Å². The second-order valence-electron chi connectivity index (χ2n) is 7.47. The van der Waals surface area contributed by atoms with Crippen molar-refractivity contribution in [3.63, 3.8) is 0 Å². The first kappa shape index (κ1) is 20.4. The van der Waals surface area contributed by atoms with Crippen LogP contribution in [0.4, 0.5) is 4.39 Å². The van der Waals surface area contributed by atoms with Crippen LogP contribution < -0.4 is 4.74 Å². The van der Waals surface area contributed by atoms with E-state index in [2.05, 4.69) is 24.1 Å². The fourth-order valence-corrected chi connectivity index (χ4v) is 5.28. The normalized spacial score (nSPS) is 15.6. The largest absolute Gasteiger partial charge is 0.436 e. The van der Waals surface area contributed by atoms with E-state index in [9.17, 15) is 9.65 Å². The molecule has 0 fully saturated rings. The van der Waals surface area contributed by atoms with E-state index in [-0.39, 0.29) is 11.7 Å². The van der Waals surface area contributed by atoms with Crippen molar-refractivity contribution < 1.29 is 9.13 Å².